The summed E-state index contributed by atoms with van der Waals surface area (Å²) in [6, 6.07) is 5.74. The third kappa shape index (κ3) is 2.18. The lowest BCUT2D eigenvalue weighted by Crippen LogP contribution is -1.86. The van der Waals surface area contributed by atoms with E-state index in [-0.39, 0.29) is 0 Å². The summed E-state index contributed by atoms with van der Waals surface area (Å²) in [5, 5.41) is 2.54. The minimum absolute atomic E-state index is 0.793. The van der Waals surface area contributed by atoms with E-state index >= 15 is 0 Å². The molecule has 0 N–H and O–H groups in total. The van der Waals surface area contributed by atoms with Crippen LogP contribution in [0.25, 0.3) is 6.08 Å². The van der Waals surface area contributed by atoms with E-state index in [1.807, 2.05) is 18.2 Å². The predicted octanol–water partition coefficient (Wildman–Crippen LogP) is 3.07. The zero-order valence-corrected chi connectivity index (χ0v) is 8.91. The Morgan fingerprint density at radius 2 is 2.33 bits per heavy atom. The molecular formula is C9H7BrOS. The summed E-state index contributed by atoms with van der Waals surface area (Å²) < 4.78 is 6.12. The van der Waals surface area contributed by atoms with E-state index in [2.05, 4.69) is 33.2 Å². The maximum atomic E-state index is 5.13. The first kappa shape index (κ1) is 9.46. The summed E-state index contributed by atoms with van der Waals surface area (Å²) in [6.45, 7) is 0. The monoisotopic (exact) mass is 242 g/mol. The van der Waals surface area contributed by atoms with Gasteiger partial charge in [-0.05, 0) is 35.4 Å². The Morgan fingerprint density at radius 3 is 2.92 bits per heavy atom. The van der Waals surface area contributed by atoms with Crippen LogP contribution < -0.4 is 4.74 Å². The molecule has 0 saturated heterocycles. The van der Waals surface area contributed by atoms with Crippen molar-refractivity contribution in [3.63, 3.8) is 0 Å². The average Bonchev–Trinajstić information content (AvgIpc) is 2.08. The zero-order valence-electron chi connectivity index (χ0n) is 6.50. The summed E-state index contributed by atoms with van der Waals surface area (Å²) in [5.41, 5.74) is 0.940. The molecule has 0 radical (unpaired) electrons. The highest BCUT2D eigenvalue weighted by atomic mass is 79.9. The molecule has 12 heavy (non-hydrogen) atoms. The first-order valence-electron chi connectivity index (χ1n) is 3.32. The topological polar surface area (TPSA) is 9.23 Å². The van der Waals surface area contributed by atoms with Crippen molar-refractivity contribution in [2.45, 2.75) is 0 Å². The number of methoxy groups -OCH3 is 1. The Bertz CT molecular complexity index is 329. The van der Waals surface area contributed by atoms with Gasteiger partial charge < -0.3 is 4.74 Å². The van der Waals surface area contributed by atoms with Gasteiger partial charge in [0.25, 0.3) is 0 Å². The van der Waals surface area contributed by atoms with Gasteiger partial charge in [-0.2, -0.15) is 0 Å². The molecular weight excluding hydrogens is 236 g/mol. The molecule has 0 aliphatic heterocycles. The van der Waals surface area contributed by atoms with E-state index < -0.39 is 0 Å². The summed E-state index contributed by atoms with van der Waals surface area (Å²) in [6.07, 6.45) is 1.71. The molecule has 0 heterocycles. The van der Waals surface area contributed by atoms with Gasteiger partial charge in [0.1, 0.15) is 5.75 Å². The number of hydrogen-bond acceptors (Lipinski definition) is 2. The molecule has 0 bridgehead atoms. The standard InChI is InChI=1S/C9H7BrOS/c1-11-9-6-8(10)3-2-7(9)4-5-12/h2-4,6H,1H3. The number of thiocarbonyl (C=S) groups is 1. The van der Waals surface area contributed by atoms with Gasteiger partial charge in [-0.15, -0.1) is 0 Å². The van der Waals surface area contributed by atoms with Gasteiger partial charge in [0, 0.05) is 16.1 Å². The first-order valence-corrected chi connectivity index (χ1v) is 4.52. The molecule has 0 atom stereocenters. The van der Waals surface area contributed by atoms with Crippen molar-refractivity contribution >= 4 is 39.2 Å². The molecule has 3 heteroatoms. The molecule has 0 unspecified atom stereocenters. The average molecular weight is 243 g/mol. The van der Waals surface area contributed by atoms with Crippen molar-refractivity contribution in [3.8, 4) is 5.75 Å². The third-order valence-corrected chi connectivity index (χ3v) is 2.02. The van der Waals surface area contributed by atoms with E-state index in [1.165, 1.54) is 0 Å². The second-order valence-corrected chi connectivity index (χ2v) is 3.30. The molecule has 0 fully saturated rings. The second-order valence-electron chi connectivity index (χ2n) is 2.15. The Kier molecular flexibility index (Phi) is 3.48. The maximum absolute atomic E-state index is 5.13. The summed E-state index contributed by atoms with van der Waals surface area (Å²) in [5.74, 6) is 0.793. The molecule has 1 rings (SSSR count). The Hall–Kier alpha value is -0.630. The lowest BCUT2D eigenvalue weighted by Gasteiger charge is -2.03. The minimum atomic E-state index is 0.793. The fraction of sp³-hybridized carbons (Fsp3) is 0.111. The highest BCUT2D eigenvalue weighted by molar-refractivity contribution is 9.10. The third-order valence-electron chi connectivity index (χ3n) is 1.41. The van der Waals surface area contributed by atoms with Gasteiger partial charge in [0.05, 0.1) is 7.11 Å². The fourth-order valence-corrected chi connectivity index (χ4v) is 1.33. The van der Waals surface area contributed by atoms with E-state index in [0.717, 1.165) is 15.8 Å². The van der Waals surface area contributed by atoms with Crippen LogP contribution >= 0.6 is 28.1 Å². The van der Waals surface area contributed by atoms with Crippen LogP contribution in [0.1, 0.15) is 5.56 Å². The Balaban J connectivity index is 3.19. The predicted molar refractivity (Wildman–Crippen MR) is 57.8 cm³/mol. The molecule has 1 nitrogen and oxygen atoms in total. The number of rotatable bonds is 2. The van der Waals surface area contributed by atoms with Gasteiger partial charge in [0.2, 0.25) is 0 Å². The number of ether oxygens (including phenoxy) is 1. The molecule has 62 valence electrons. The molecule has 0 spiro atoms. The first-order chi connectivity index (χ1) is 5.77. The van der Waals surface area contributed by atoms with Crippen molar-refractivity contribution in [1.29, 1.82) is 0 Å². The highest BCUT2D eigenvalue weighted by Gasteiger charge is 1.98. The highest BCUT2D eigenvalue weighted by Crippen LogP contribution is 2.23. The van der Waals surface area contributed by atoms with Crippen LogP contribution in [0.3, 0.4) is 0 Å². The van der Waals surface area contributed by atoms with Crippen LogP contribution in [0, 0.1) is 0 Å². The van der Waals surface area contributed by atoms with E-state index in [1.54, 1.807) is 13.2 Å². The van der Waals surface area contributed by atoms with Crippen LogP contribution in [0.5, 0.6) is 5.75 Å². The van der Waals surface area contributed by atoms with Crippen LogP contribution in [-0.2, 0) is 0 Å². The second kappa shape index (κ2) is 4.41. The van der Waals surface area contributed by atoms with Gasteiger partial charge in [-0.25, -0.2) is 0 Å². The van der Waals surface area contributed by atoms with E-state index in [4.69, 9.17) is 4.74 Å². The summed E-state index contributed by atoms with van der Waals surface area (Å²) in [4.78, 5) is 0. The molecule has 0 amide bonds. The van der Waals surface area contributed by atoms with Crippen molar-refractivity contribution < 1.29 is 4.74 Å². The van der Waals surface area contributed by atoms with Crippen LogP contribution in [0.2, 0.25) is 0 Å². The lowest BCUT2D eigenvalue weighted by atomic mass is 10.2. The Morgan fingerprint density at radius 1 is 1.58 bits per heavy atom. The van der Waals surface area contributed by atoms with Crippen LogP contribution in [-0.4, -0.2) is 12.1 Å². The zero-order chi connectivity index (χ0) is 8.97. The molecule has 1 aromatic carbocycles. The van der Waals surface area contributed by atoms with Gasteiger partial charge in [-0.3, -0.25) is 0 Å². The number of benzene rings is 1. The molecule has 0 saturated carbocycles. The van der Waals surface area contributed by atoms with Gasteiger partial charge >= 0.3 is 0 Å². The SMILES string of the molecule is COc1cc(Br)ccc1C=C=S. The van der Waals surface area contributed by atoms with E-state index in [0.29, 0.717) is 0 Å². The fourth-order valence-electron chi connectivity index (χ4n) is 0.868. The Labute approximate surface area is 85.2 Å². The van der Waals surface area contributed by atoms with Crippen LogP contribution in [0.4, 0.5) is 0 Å². The van der Waals surface area contributed by atoms with Crippen molar-refractivity contribution in [2.24, 2.45) is 0 Å². The lowest BCUT2D eigenvalue weighted by molar-refractivity contribution is 0.413. The normalized spacial score (nSPS) is 8.83. The number of halogens is 1. The summed E-state index contributed by atoms with van der Waals surface area (Å²) >= 11 is 7.95. The summed E-state index contributed by atoms with van der Waals surface area (Å²) in [7, 11) is 1.63. The molecule has 0 aliphatic carbocycles. The quantitative estimate of drug-likeness (QED) is 0.738. The van der Waals surface area contributed by atoms with Crippen LogP contribution in [0.15, 0.2) is 22.7 Å². The largest absolute Gasteiger partial charge is 0.496 e. The maximum Gasteiger partial charge on any atom is 0.127 e. The van der Waals surface area contributed by atoms with Gasteiger partial charge in [0.15, 0.2) is 0 Å². The van der Waals surface area contributed by atoms with Crippen molar-refractivity contribution in [2.75, 3.05) is 7.11 Å². The van der Waals surface area contributed by atoms with E-state index in [9.17, 15) is 0 Å². The minimum Gasteiger partial charge on any atom is -0.496 e. The smallest absolute Gasteiger partial charge is 0.127 e. The molecule has 0 aromatic heterocycles. The molecule has 0 aliphatic rings. The van der Waals surface area contributed by atoms with Gasteiger partial charge in [-0.1, -0.05) is 15.9 Å². The number of hydrogen-bond donors (Lipinski definition) is 0. The van der Waals surface area contributed by atoms with Crippen molar-refractivity contribution in [3.05, 3.63) is 28.2 Å². The molecule has 1 aromatic rings. The van der Waals surface area contributed by atoms with Crippen molar-refractivity contribution in [1.82, 2.24) is 0 Å².